The van der Waals surface area contributed by atoms with E-state index in [1.54, 1.807) is 0 Å². The lowest BCUT2D eigenvalue weighted by Crippen LogP contribution is -2.40. The summed E-state index contributed by atoms with van der Waals surface area (Å²) < 4.78 is 0. The highest BCUT2D eigenvalue weighted by molar-refractivity contribution is 5.51. The van der Waals surface area contributed by atoms with Crippen LogP contribution >= 0.6 is 0 Å². The molecule has 1 fully saturated rings. The summed E-state index contributed by atoms with van der Waals surface area (Å²) in [6, 6.07) is 9.32. The van der Waals surface area contributed by atoms with E-state index in [2.05, 4.69) is 34.9 Å². The van der Waals surface area contributed by atoms with Gasteiger partial charge in [0.15, 0.2) is 0 Å². The minimum atomic E-state index is 0.655. The molecule has 1 aliphatic carbocycles. The molecule has 2 nitrogen and oxygen atoms in total. The number of para-hydroxylation sites is 1. The molecular formula is C15H22N2. The highest BCUT2D eigenvalue weighted by Crippen LogP contribution is 2.28. The molecule has 1 aromatic carbocycles. The maximum Gasteiger partial charge on any atom is 0.0386 e. The van der Waals surface area contributed by atoms with Gasteiger partial charge in [-0.25, -0.2) is 0 Å². The lowest BCUT2D eigenvalue weighted by molar-refractivity contribution is 0.277. The maximum atomic E-state index is 3.74. The van der Waals surface area contributed by atoms with Crippen molar-refractivity contribution in [1.29, 1.82) is 0 Å². The van der Waals surface area contributed by atoms with Crippen LogP contribution in [0.2, 0.25) is 0 Å². The van der Waals surface area contributed by atoms with Gasteiger partial charge in [0.05, 0.1) is 0 Å². The highest BCUT2D eigenvalue weighted by atomic mass is 15.0. The molecule has 0 amide bonds. The summed E-state index contributed by atoms with van der Waals surface area (Å²) in [5.41, 5.74) is 2.73. The first kappa shape index (κ1) is 11.1. The van der Waals surface area contributed by atoms with Crippen molar-refractivity contribution in [3.8, 4) is 0 Å². The molecule has 2 aliphatic rings. The van der Waals surface area contributed by atoms with Gasteiger partial charge in [-0.05, 0) is 30.4 Å². The normalized spacial score (nSPS) is 25.8. The van der Waals surface area contributed by atoms with Gasteiger partial charge in [-0.3, -0.25) is 0 Å². The van der Waals surface area contributed by atoms with Crippen molar-refractivity contribution in [3.63, 3.8) is 0 Å². The number of rotatable bonds is 1. The van der Waals surface area contributed by atoms with Crippen molar-refractivity contribution in [3.05, 3.63) is 29.8 Å². The van der Waals surface area contributed by atoms with Crippen molar-refractivity contribution in [2.24, 2.45) is 5.92 Å². The van der Waals surface area contributed by atoms with Gasteiger partial charge >= 0.3 is 0 Å². The van der Waals surface area contributed by atoms with Crippen LogP contribution in [0.5, 0.6) is 0 Å². The Hall–Kier alpha value is -1.02. The summed E-state index contributed by atoms with van der Waals surface area (Å²) in [6.07, 6.45) is 7.12. The fourth-order valence-electron chi connectivity index (χ4n) is 3.25. The average Bonchev–Trinajstić information content (AvgIpc) is 2.62. The number of hydrogen-bond acceptors (Lipinski definition) is 2. The first-order valence-corrected chi connectivity index (χ1v) is 6.98. The molecule has 0 saturated heterocycles. The van der Waals surface area contributed by atoms with Crippen LogP contribution in [0.4, 0.5) is 5.69 Å². The first-order chi connectivity index (χ1) is 8.43. The van der Waals surface area contributed by atoms with Crippen molar-refractivity contribution in [1.82, 2.24) is 5.32 Å². The van der Waals surface area contributed by atoms with Crippen LogP contribution in [0.3, 0.4) is 0 Å². The van der Waals surface area contributed by atoms with Crippen molar-refractivity contribution in [2.45, 2.75) is 44.7 Å². The molecule has 3 rings (SSSR count). The third-order valence-corrected chi connectivity index (χ3v) is 4.30. The molecule has 17 heavy (non-hydrogen) atoms. The molecular weight excluding hydrogens is 208 g/mol. The van der Waals surface area contributed by atoms with Crippen LogP contribution in [0.25, 0.3) is 0 Å². The lowest BCUT2D eigenvalue weighted by Gasteiger charge is -2.30. The van der Waals surface area contributed by atoms with Gasteiger partial charge in [-0.15, -0.1) is 0 Å². The molecule has 0 spiro atoms. The second kappa shape index (κ2) is 5.09. The second-order valence-corrected chi connectivity index (χ2v) is 5.42. The van der Waals surface area contributed by atoms with Gasteiger partial charge in [0.2, 0.25) is 0 Å². The molecule has 2 N–H and O–H groups in total. The number of benzene rings is 1. The van der Waals surface area contributed by atoms with Gasteiger partial charge in [0.25, 0.3) is 0 Å². The van der Waals surface area contributed by atoms with E-state index >= 15 is 0 Å². The number of nitrogens with one attached hydrogen (secondary N) is 2. The van der Waals surface area contributed by atoms with E-state index in [1.165, 1.54) is 43.4 Å². The summed E-state index contributed by atoms with van der Waals surface area (Å²) in [5, 5.41) is 7.35. The van der Waals surface area contributed by atoms with Crippen molar-refractivity contribution >= 4 is 5.69 Å². The van der Waals surface area contributed by atoms with Gasteiger partial charge in [0, 0.05) is 24.8 Å². The van der Waals surface area contributed by atoms with Crippen molar-refractivity contribution < 1.29 is 0 Å². The molecule has 0 radical (unpaired) electrons. The standard InChI is InChI=1S/C15H22N2/c1-2-6-12(7-3-1)15-11-17-14-9-5-4-8-13(14)10-16-15/h4-5,8-9,12,15-17H,1-3,6-7,10-11H2. The van der Waals surface area contributed by atoms with E-state index in [4.69, 9.17) is 0 Å². The van der Waals surface area contributed by atoms with E-state index in [0.29, 0.717) is 6.04 Å². The molecule has 2 heteroatoms. The number of hydrogen-bond donors (Lipinski definition) is 2. The van der Waals surface area contributed by atoms with E-state index in [-0.39, 0.29) is 0 Å². The molecule has 1 unspecified atom stereocenters. The Bertz CT molecular complexity index is 342. The molecule has 0 aromatic heterocycles. The molecule has 1 aliphatic heterocycles. The molecule has 92 valence electrons. The summed E-state index contributed by atoms with van der Waals surface area (Å²) in [4.78, 5) is 0. The van der Waals surface area contributed by atoms with Crippen LogP contribution in [-0.4, -0.2) is 12.6 Å². The number of fused-ring (bicyclic) bond motifs is 1. The van der Waals surface area contributed by atoms with Gasteiger partial charge in [0.1, 0.15) is 0 Å². The minimum Gasteiger partial charge on any atom is -0.383 e. The SMILES string of the molecule is c1ccc2c(c1)CNC(C1CCCCC1)CN2. The van der Waals surface area contributed by atoms with E-state index in [1.807, 2.05) is 0 Å². The van der Waals surface area contributed by atoms with Crippen LogP contribution in [0.15, 0.2) is 24.3 Å². The van der Waals surface area contributed by atoms with Crippen LogP contribution < -0.4 is 10.6 Å². The minimum absolute atomic E-state index is 0.655. The molecule has 1 saturated carbocycles. The predicted octanol–water partition coefficient (Wildman–Crippen LogP) is 3.15. The lowest BCUT2D eigenvalue weighted by atomic mass is 9.84. The Balaban J connectivity index is 1.68. The Kier molecular flexibility index (Phi) is 3.32. The maximum absolute atomic E-state index is 3.74. The Morgan fingerprint density at radius 1 is 1.00 bits per heavy atom. The van der Waals surface area contributed by atoms with Crippen LogP contribution in [0.1, 0.15) is 37.7 Å². The Morgan fingerprint density at radius 3 is 2.71 bits per heavy atom. The molecule has 1 atom stereocenters. The van der Waals surface area contributed by atoms with Gasteiger partial charge < -0.3 is 10.6 Å². The zero-order chi connectivity index (χ0) is 11.5. The quantitative estimate of drug-likeness (QED) is 0.774. The third kappa shape index (κ3) is 2.47. The van der Waals surface area contributed by atoms with Crippen LogP contribution in [0, 0.1) is 5.92 Å². The van der Waals surface area contributed by atoms with Crippen molar-refractivity contribution in [2.75, 3.05) is 11.9 Å². The molecule has 1 heterocycles. The third-order valence-electron chi connectivity index (χ3n) is 4.30. The second-order valence-electron chi connectivity index (χ2n) is 5.42. The molecule has 0 bridgehead atoms. The first-order valence-electron chi connectivity index (χ1n) is 6.98. The van der Waals surface area contributed by atoms with E-state index in [9.17, 15) is 0 Å². The number of anilines is 1. The smallest absolute Gasteiger partial charge is 0.0386 e. The van der Waals surface area contributed by atoms with E-state index in [0.717, 1.165) is 19.0 Å². The Morgan fingerprint density at radius 2 is 1.82 bits per heavy atom. The highest BCUT2D eigenvalue weighted by Gasteiger charge is 2.24. The largest absolute Gasteiger partial charge is 0.383 e. The fraction of sp³-hybridized carbons (Fsp3) is 0.600. The van der Waals surface area contributed by atoms with Crippen LogP contribution in [-0.2, 0) is 6.54 Å². The van der Waals surface area contributed by atoms with Gasteiger partial charge in [-0.1, -0.05) is 37.5 Å². The summed E-state index contributed by atoms with van der Waals surface area (Å²) in [5.74, 6) is 0.880. The summed E-state index contributed by atoms with van der Waals surface area (Å²) >= 11 is 0. The zero-order valence-electron chi connectivity index (χ0n) is 10.4. The average molecular weight is 230 g/mol. The zero-order valence-corrected chi connectivity index (χ0v) is 10.4. The Labute approximate surface area is 104 Å². The summed E-state index contributed by atoms with van der Waals surface area (Å²) in [6.45, 7) is 2.10. The molecule has 1 aromatic rings. The van der Waals surface area contributed by atoms with Gasteiger partial charge in [-0.2, -0.15) is 0 Å². The fourth-order valence-corrected chi connectivity index (χ4v) is 3.25. The predicted molar refractivity (Wildman–Crippen MR) is 72.1 cm³/mol. The van der Waals surface area contributed by atoms with E-state index < -0.39 is 0 Å². The monoisotopic (exact) mass is 230 g/mol. The summed E-state index contributed by atoms with van der Waals surface area (Å²) in [7, 11) is 0. The topological polar surface area (TPSA) is 24.1 Å².